The van der Waals surface area contributed by atoms with Crippen molar-refractivity contribution in [3.8, 4) is 0 Å². The SMILES string of the molecule is CC1CCC(C(C)C)C(OC(=O)C[N+]23CCN(CC2)CC3)C1.[Cl-]. The number of rotatable bonds is 4. The maximum Gasteiger partial charge on any atom is 0.362 e. The van der Waals surface area contributed by atoms with Crippen molar-refractivity contribution in [2.75, 3.05) is 45.8 Å². The number of hydrogen-bond acceptors (Lipinski definition) is 3. The fraction of sp³-hybridized carbons (Fsp3) is 0.944. The van der Waals surface area contributed by atoms with Crippen molar-refractivity contribution in [1.29, 1.82) is 0 Å². The molecule has 3 atom stereocenters. The Morgan fingerprint density at radius 3 is 2.35 bits per heavy atom. The van der Waals surface area contributed by atoms with Crippen molar-refractivity contribution in [3.05, 3.63) is 0 Å². The number of ether oxygens (including phenoxy) is 1. The first kappa shape index (κ1) is 19.0. The molecule has 3 heterocycles. The first-order chi connectivity index (χ1) is 10.5. The largest absolute Gasteiger partial charge is 1.00 e. The molecule has 0 N–H and O–H groups in total. The van der Waals surface area contributed by atoms with E-state index in [1.165, 1.54) is 12.8 Å². The lowest BCUT2D eigenvalue weighted by Gasteiger charge is -2.50. The lowest BCUT2D eigenvalue weighted by atomic mass is 9.75. The number of quaternary nitrogens is 1. The highest BCUT2D eigenvalue weighted by molar-refractivity contribution is 5.70. The zero-order valence-corrected chi connectivity index (χ0v) is 15.7. The highest BCUT2D eigenvalue weighted by atomic mass is 35.5. The van der Waals surface area contributed by atoms with Gasteiger partial charge in [-0.1, -0.05) is 27.2 Å². The third kappa shape index (κ3) is 4.40. The maximum atomic E-state index is 12.6. The van der Waals surface area contributed by atoms with E-state index in [9.17, 15) is 4.79 Å². The van der Waals surface area contributed by atoms with Crippen molar-refractivity contribution in [3.63, 3.8) is 0 Å². The van der Waals surface area contributed by atoms with Gasteiger partial charge in [-0.3, -0.25) is 4.90 Å². The molecule has 0 aromatic carbocycles. The molecule has 1 aliphatic carbocycles. The van der Waals surface area contributed by atoms with Crippen molar-refractivity contribution in [1.82, 2.24) is 4.90 Å². The summed E-state index contributed by atoms with van der Waals surface area (Å²) in [6.07, 6.45) is 3.71. The van der Waals surface area contributed by atoms with Crippen LogP contribution < -0.4 is 12.4 Å². The molecule has 23 heavy (non-hydrogen) atoms. The predicted molar refractivity (Wildman–Crippen MR) is 87.4 cm³/mol. The number of carbonyl (C=O) groups is 1. The Bertz CT molecular complexity index is 394. The Morgan fingerprint density at radius 1 is 1.17 bits per heavy atom. The van der Waals surface area contributed by atoms with Gasteiger partial charge in [0.25, 0.3) is 0 Å². The van der Waals surface area contributed by atoms with Gasteiger partial charge < -0.3 is 21.6 Å². The smallest absolute Gasteiger partial charge is 0.362 e. The molecule has 2 bridgehead atoms. The monoisotopic (exact) mass is 344 g/mol. The lowest BCUT2D eigenvalue weighted by molar-refractivity contribution is -0.934. The summed E-state index contributed by atoms with van der Waals surface area (Å²) in [6, 6.07) is 0. The van der Waals surface area contributed by atoms with Crippen molar-refractivity contribution >= 4 is 5.97 Å². The molecule has 3 saturated heterocycles. The molecule has 0 amide bonds. The number of piperazine rings is 3. The molecule has 4 nitrogen and oxygen atoms in total. The summed E-state index contributed by atoms with van der Waals surface area (Å²) in [6.45, 7) is 14.3. The summed E-state index contributed by atoms with van der Waals surface area (Å²) < 4.78 is 6.99. The molecule has 5 heteroatoms. The van der Waals surface area contributed by atoms with Gasteiger partial charge in [0.2, 0.25) is 0 Å². The summed E-state index contributed by atoms with van der Waals surface area (Å²) in [5, 5.41) is 0. The van der Waals surface area contributed by atoms with Crippen LogP contribution in [0.5, 0.6) is 0 Å². The Morgan fingerprint density at radius 2 is 1.78 bits per heavy atom. The van der Waals surface area contributed by atoms with Crippen LogP contribution in [0.25, 0.3) is 0 Å². The van der Waals surface area contributed by atoms with E-state index in [4.69, 9.17) is 4.74 Å². The number of fused-ring (bicyclic) bond motifs is 3. The second-order valence-corrected chi connectivity index (χ2v) is 8.37. The van der Waals surface area contributed by atoms with E-state index >= 15 is 0 Å². The molecule has 0 radical (unpaired) electrons. The highest BCUT2D eigenvalue weighted by Crippen LogP contribution is 2.35. The Labute approximate surface area is 147 Å². The first-order valence-electron chi connectivity index (χ1n) is 9.24. The summed E-state index contributed by atoms with van der Waals surface area (Å²) >= 11 is 0. The second-order valence-electron chi connectivity index (χ2n) is 8.37. The van der Waals surface area contributed by atoms with Gasteiger partial charge in [0.1, 0.15) is 6.10 Å². The van der Waals surface area contributed by atoms with Crippen LogP contribution >= 0.6 is 0 Å². The molecule has 0 aromatic rings. The minimum absolute atomic E-state index is 0. The summed E-state index contributed by atoms with van der Waals surface area (Å²) in [5.74, 6) is 1.91. The van der Waals surface area contributed by atoms with E-state index < -0.39 is 0 Å². The maximum absolute atomic E-state index is 12.6. The highest BCUT2D eigenvalue weighted by Gasteiger charge is 2.41. The molecule has 4 rings (SSSR count). The van der Waals surface area contributed by atoms with Gasteiger partial charge in [0.05, 0.1) is 19.6 Å². The zero-order chi connectivity index (χ0) is 15.7. The van der Waals surface area contributed by atoms with Crippen LogP contribution in [0.2, 0.25) is 0 Å². The standard InChI is InChI=1S/C18H33N2O2.ClH/c1-14(2)16-5-4-15(3)12-17(16)22-18(21)13-20-9-6-19(7-10-20)8-11-20;/h14-17H,4-13H2,1-3H3;1H/q+1;/p-1. The second kappa shape index (κ2) is 7.71. The van der Waals surface area contributed by atoms with Gasteiger partial charge in [-0.15, -0.1) is 0 Å². The summed E-state index contributed by atoms with van der Waals surface area (Å²) in [7, 11) is 0. The van der Waals surface area contributed by atoms with Crippen LogP contribution in [0.1, 0.15) is 40.0 Å². The fourth-order valence-electron chi connectivity index (χ4n) is 4.70. The third-order valence-electron chi connectivity index (χ3n) is 6.38. The van der Waals surface area contributed by atoms with Gasteiger partial charge in [-0.2, -0.15) is 0 Å². The molecule has 3 unspecified atom stereocenters. The Balaban J connectivity index is 0.00000192. The molecule has 4 aliphatic rings. The van der Waals surface area contributed by atoms with Crippen molar-refractivity contribution in [2.24, 2.45) is 17.8 Å². The fourth-order valence-corrected chi connectivity index (χ4v) is 4.70. The van der Waals surface area contributed by atoms with Crippen molar-refractivity contribution < 1.29 is 26.4 Å². The topological polar surface area (TPSA) is 29.5 Å². The third-order valence-corrected chi connectivity index (χ3v) is 6.38. The van der Waals surface area contributed by atoms with Gasteiger partial charge in [0.15, 0.2) is 6.54 Å². The zero-order valence-electron chi connectivity index (χ0n) is 15.0. The average molecular weight is 345 g/mol. The summed E-state index contributed by atoms with van der Waals surface area (Å²) in [5.41, 5.74) is 0. The number of esters is 1. The number of halogens is 1. The molecule has 0 aromatic heterocycles. The quantitative estimate of drug-likeness (QED) is 0.491. The van der Waals surface area contributed by atoms with E-state index in [-0.39, 0.29) is 24.5 Å². The van der Waals surface area contributed by atoms with Crippen LogP contribution in [0, 0.1) is 17.8 Å². The number of nitrogens with zero attached hydrogens (tertiary/aromatic N) is 2. The molecule has 4 fully saturated rings. The lowest BCUT2D eigenvalue weighted by Crippen LogP contribution is -3.00. The van der Waals surface area contributed by atoms with Gasteiger partial charge in [-0.25, -0.2) is 4.79 Å². The van der Waals surface area contributed by atoms with E-state index in [0.717, 1.165) is 50.2 Å². The molecule has 1 saturated carbocycles. The van der Waals surface area contributed by atoms with Gasteiger partial charge in [0, 0.05) is 19.6 Å². The van der Waals surface area contributed by atoms with Crippen molar-refractivity contribution in [2.45, 2.75) is 46.1 Å². The van der Waals surface area contributed by atoms with Crippen LogP contribution in [0.3, 0.4) is 0 Å². The van der Waals surface area contributed by atoms with Crippen LogP contribution in [-0.2, 0) is 9.53 Å². The minimum Gasteiger partial charge on any atom is -1.00 e. The van der Waals surface area contributed by atoms with Crippen LogP contribution in [0.15, 0.2) is 0 Å². The first-order valence-corrected chi connectivity index (χ1v) is 9.24. The predicted octanol–water partition coefficient (Wildman–Crippen LogP) is -0.860. The Hall–Kier alpha value is -0.320. The van der Waals surface area contributed by atoms with Gasteiger partial charge in [-0.05, 0) is 30.6 Å². The minimum atomic E-state index is 0. The molecular weight excluding hydrogens is 312 g/mol. The molecule has 134 valence electrons. The molecule has 0 spiro atoms. The van der Waals surface area contributed by atoms with E-state index in [1.54, 1.807) is 0 Å². The molecular formula is C18H33ClN2O2. The normalized spacial score (nSPS) is 39.8. The van der Waals surface area contributed by atoms with E-state index in [1.807, 2.05) is 0 Å². The van der Waals surface area contributed by atoms with E-state index in [2.05, 4.69) is 25.7 Å². The summed E-state index contributed by atoms with van der Waals surface area (Å²) in [4.78, 5) is 15.1. The Kier molecular flexibility index (Phi) is 6.37. The van der Waals surface area contributed by atoms with Crippen LogP contribution in [0.4, 0.5) is 0 Å². The van der Waals surface area contributed by atoms with E-state index in [0.29, 0.717) is 24.3 Å². The van der Waals surface area contributed by atoms with Crippen LogP contribution in [-0.4, -0.2) is 67.3 Å². The number of carbonyl (C=O) groups excluding carboxylic acids is 1. The number of hydrogen-bond donors (Lipinski definition) is 0. The average Bonchev–Trinajstić information content (AvgIpc) is 2.48. The van der Waals surface area contributed by atoms with Gasteiger partial charge >= 0.3 is 5.97 Å². The molecule has 3 aliphatic heterocycles.